The number of rotatable bonds is 8. The van der Waals surface area contributed by atoms with Crippen molar-refractivity contribution < 1.29 is 22.7 Å². The number of halogens is 3. The lowest BCUT2D eigenvalue weighted by Crippen LogP contribution is -2.43. The number of hydrogen-bond donors (Lipinski definition) is 2. The van der Waals surface area contributed by atoms with Gasteiger partial charge < -0.3 is 15.4 Å². The molecule has 1 amide bonds. The second-order valence-electron chi connectivity index (χ2n) is 7.48. The lowest BCUT2D eigenvalue weighted by atomic mass is 10.1. The Bertz CT molecular complexity index is 1270. The first kappa shape index (κ1) is 24.8. The molecule has 8 nitrogen and oxygen atoms in total. The maximum Gasteiger partial charge on any atom is 0.416 e. The van der Waals surface area contributed by atoms with Crippen LogP contribution < -0.4 is 21.9 Å². The van der Waals surface area contributed by atoms with Gasteiger partial charge in [-0.15, -0.1) is 0 Å². The van der Waals surface area contributed by atoms with Crippen molar-refractivity contribution in [3.05, 3.63) is 92.1 Å². The maximum atomic E-state index is 13.1. The minimum atomic E-state index is -4.57. The highest BCUT2D eigenvalue weighted by Gasteiger charge is 2.31. The molecule has 0 spiro atoms. The summed E-state index contributed by atoms with van der Waals surface area (Å²) < 4.78 is 45.3. The van der Waals surface area contributed by atoms with Crippen LogP contribution in [0.1, 0.15) is 16.7 Å². The van der Waals surface area contributed by atoms with Gasteiger partial charge in [0.15, 0.2) is 5.69 Å². The number of carbonyl (C=O) groups is 1. The number of anilines is 2. The molecule has 0 saturated carbocycles. The number of nitrogens with zero attached hydrogens (tertiary/aromatic N) is 2. The highest BCUT2D eigenvalue weighted by molar-refractivity contribution is 5.96. The van der Waals surface area contributed by atoms with Crippen LogP contribution in [0.2, 0.25) is 0 Å². The number of hydrogen-bond acceptors (Lipinski definition) is 5. The van der Waals surface area contributed by atoms with E-state index >= 15 is 0 Å². The molecule has 0 atom stereocenters. The molecule has 0 fully saturated rings. The zero-order chi connectivity index (χ0) is 24.9. The number of aromatic amines is 1. The van der Waals surface area contributed by atoms with E-state index in [2.05, 4.69) is 4.98 Å². The SMILES string of the molecule is COCCN(C(=O)Cc1cccc(C(F)(F)F)c1)c1c(N)n(Cc2ccccc2)c(=O)[nH]c1=O. The number of amides is 1. The molecular formula is C23H23F3N4O4. The largest absolute Gasteiger partial charge is 0.416 e. The highest BCUT2D eigenvalue weighted by Crippen LogP contribution is 2.30. The average molecular weight is 476 g/mol. The second-order valence-corrected chi connectivity index (χ2v) is 7.48. The van der Waals surface area contributed by atoms with Crippen LogP contribution in [0.3, 0.4) is 0 Å². The fourth-order valence-electron chi connectivity index (χ4n) is 3.43. The van der Waals surface area contributed by atoms with E-state index in [9.17, 15) is 27.6 Å². The van der Waals surface area contributed by atoms with Crippen LogP contribution in [0.25, 0.3) is 0 Å². The lowest BCUT2D eigenvalue weighted by Gasteiger charge is -2.24. The van der Waals surface area contributed by atoms with Gasteiger partial charge in [0.1, 0.15) is 5.82 Å². The third-order valence-corrected chi connectivity index (χ3v) is 5.10. The van der Waals surface area contributed by atoms with Crippen molar-refractivity contribution in [3.8, 4) is 0 Å². The quantitative estimate of drug-likeness (QED) is 0.519. The number of benzene rings is 2. The number of alkyl halides is 3. The van der Waals surface area contributed by atoms with Gasteiger partial charge in [0, 0.05) is 13.7 Å². The molecule has 3 aromatic rings. The van der Waals surface area contributed by atoms with Crippen molar-refractivity contribution in [1.29, 1.82) is 0 Å². The summed E-state index contributed by atoms with van der Waals surface area (Å²) in [7, 11) is 1.39. The molecule has 3 N–H and O–H groups in total. The van der Waals surface area contributed by atoms with Crippen LogP contribution in [0.15, 0.2) is 64.2 Å². The summed E-state index contributed by atoms with van der Waals surface area (Å²) in [4.78, 5) is 41.4. The van der Waals surface area contributed by atoms with E-state index in [0.717, 1.165) is 27.2 Å². The maximum absolute atomic E-state index is 13.1. The van der Waals surface area contributed by atoms with Gasteiger partial charge in [-0.3, -0.25) is 19.1 Å². The van der Waals surface area contributed by atoms with Gasteiger partial charge in [0.05, 0.1) is 25.1 Å². The molecule has 0 aliphatic carbocycles. The van der Waals surface area contributed by atoms with E-state index in [1.54, 1.807) is 30.3 Å². The number of nitrogens with one attached hydrogen (secondary N) is 1. The molecule has 3 rings (SSSR count). The van der Waals surface area contributed by atoms with E-state index < -0.39 is 35.3 Å². The second kappa shape index (κ2) is 10.4. The zero-order valence-corrected chi connectivity index (χ0v) is 18.3. The molecule has 34 heavy (non-hydrogen) atoms. The average Bonchev–Trinajstić information content (AvgIpc) is 2.79. The Morgan fingerprint density at radius 1 is 1.09 bits per heavy atom. The van der Waals surface area contributed by atoms with E-state index in [-0.39, 0.29) is 36.8 Å². The summed E-state index contributed by atoms with van der Waals surface area (Å²) in [6.07, 6.45) is -4.99. The Balaban J connectivity index is 2.00. The molecule has 0 aliphatic heterocycles. The van der Waals surface area contributed by atoms with E-state index in [1.807, 2.05) is 0 Å². The minimum absolute atomic E-state index is 0.0189. The molecular weight excluding hydrogens is 453 g/mol. The summed E-state index contributed by atoms with van der Waals surface area (Å²) in [6.45, 7) is -0.0502. The molecule has 0 aliphatic rings. The molecule has 0 bridgehead atoms. The molecule has 0 radical (unpaired) electrons. The van der Waals surface area contributed by atoms with Gasteiger partial charge in [-0.25, -0.2) is 4.79 Å². The Hall–Kier alpha value is -3.86. The lowest BCUT2D eigenvalue weighted by molar-refractivity contribution is -0.137. The number of methoxy groups -OCH3 is 1. The van der Waals surface area contributed by atoms with Crippen LogP contribution in [-0.4, -0.2) is 35.7 Å². The van der Waals surface area contributed by atoms with Crippen LogP contribution in [0, 0.1) is 0 Å². The van der Waals surface area contributed by atoms with Crippen LogP contribution in [-0.2, 0) is 28.7 Å². The predicted octanol–water partition coefficient (Wildman–Crippen LogP) is 2.41. The number of nitrogens with two attached hydrogens (primary N) is 1. The Labute approximate surface area is 192 Å². The fourth-order valence-corrected chi connectivity index (χ4v) is 3.43. The normalized spacial score (nSPS) is 11.4. The minimum Gasteiger partial charge on any atom is -0.383 e. The van der Waals surface area contributed by atoms with E-state index in [1.165, 1.54) is 19.2 Å². The third kappa shape index (κ3) is 5.73. The third-order valence-electron chi connectivity index (χ3n) is 5.10. The number of carbonyl (C=O) groups excluding carboxylic acids is 1. The Morgan fingerprint density at radius 3 is 2.41 bits per heavy atom. The molecule has 2 aromatic carbocycles. The predicted molar refractivity (Wildman–Crippen MR) is 121 cm³/mol. The van der Waals surface area contributed by atoms with Gasteiger partial charge >= 0.3 is 11.9 Å². The van der Waals surface area contributed by atoms with E-state index in [4.69, 9.17) is 10.5 Å². The topological polar surface area (TPSA) is 110 Å². The van der Waals surface area contributed by atoms with Crippen molar-refractivity contribution in [2.45, 2.75) is 19.1 Å². The van der Waals surface area contributed by atoms with E-state index in [0.29, 0.717) is 0 Å². The van der Waals surface area contributed by atoms with Crippen molar-refractivity contribution in [1.82, 2.24) is 9.55 Å². The van der Waals surface area contributed by atoms with Crippen molar-refractivity contribution in [3.63, 3.8) is 0 Å². The molecule has 0 saturated heterocycles. The molecule has 180 valence electrons. The number of aromatic nitrogens is 2. The van der Waals surface area contributed by atoms with Crippen molar-refractivity contribution in [2.24, 2.45) is 0 Å². The van der Waals surface area contributed by atoms with Crippen LogP contribution in [0.5, 0.6) is 0 Å². The Morgan fingerprint density at radius 2 is 1.76 bits per heavy atom. The van der Waals surface area contributed by atoms with Crippen molar-refractivity contribution in [2.75, 3.05) is 30.9 Å². The van der Waals surface area contributed by atoms with Gasteiger partial charge in [0.2, 0.25) is 5.91 Å². The Kier molecular flexibility index (Phi) is 7.57. The fraction of sp³-hybridized carbons (Fsp3) is 0.261. The number of H-pyrrole nitrogens is 1. The molecule has 0 unspecified atom stereocenters. The van der Waals surface area contributed by atoms with Gasteiger partial charge in [-0.1, -0.05) is 48.5 Å². The summed E-state index contributed by atoms with van der Waals surface area (Å²) in [5.41, 5.74) is 4.20. The monoisotopic (exact) mass is 476 g/mol. The molecule has 11 heteroatoms. The molecule has 1 aromatic heterocycles. The highest BCUT2D eigenvalue weighted by atomic mass is 19.4. The summed E-state index contributed by atoms with van der Waals surface area (Å²) in [5, 5.41) is 0. The zero-order valence-electron chi connectivity index (χ0n) is 18.3. The first-order valence-corrected chi connectivity index (χ1v) is 10.2. The van der Waals surface area contributed by atoms with Crippen LogP contribution >= 0.6 is 0 Å². The van der Waals surface area contributed by atoms with Gasteiger partial charge in [0.25, 0.3) is 5.56 Å². The van der Waals surface area contributed by atoms with Crippen LogP contribution in [0.4, 0.5) is 24.7 Å². The first-order valence-electron chi connectivity index (χ1n) is 10.2. The molecule has 1 heterocycles. The van der Waals surface area contributed by atoms with Crippen molar-refractivity contribution >= 4 is 17.4 Å². The smallest absolute Gasteiger partial charge is 0.383 e. The summed E-state index contributed by atoms with van der Waals surface area (Å²) >= 11 is 0. The summed E-state index contributed by atoms with van der Waals surface area (Å²) in [6, 6.07) is 13.2. The van der Waals surface area contributed by atoms with Gasteiger partial charge in [-0.2, -0.15) is 13.2 Å². The summed E-state index contributed by atoms with van der Waals surface area (Å²) in [5.74, 6) is -0.926. The first-order chi connectivity index (χ1) is 16.1. The number of nitrogen functional groups attached to an aromatic ring is 1. The standard InChI is InChI=1S/C23H23F3N4O4/c1-34-11-10-29(18(31)13-16-8-5-9-17(12-16)23(24,25)26)19-20(27)30(22(33)28-21(19)32)14-15-6-3-2-4-7-15/h2-9,12H,10-11,13-14,27H2,1H3,(H,28,32,33). The number of ether oxygens (including phenoxy) is 1. The van der Waals surface area contributed by atoms with Gasteiger partial charge in [-0.05, 0) is 17.2 Å².